The van der Waals surface area contributed by atoms with Gasteiger partial charge in [-0.3, -0.25) is 4.79 Å². The molecule has 1 amide bonds. The first kappa shape index (κ1) is 20.0. The van der Waals surface area contributed by atoms with Crippen LogP contribution in [0.2, 0.25) is 0 Å². The van der Waals surface area contributed by atoms with E-state index in [1.807, 2.05) is 43.0 Å². The van der Waals surface area contributed by atoms with Crippen LogP contribution in [-0.2, 0) is 6.42 Å². The van der Waals surface area contributed by atoms with E-state index in [-0.39, 0.29) is 11.8 Å². The van der Waals surface area contributed by atoms with Crippen LogP contribution >= 0.6 is 0 Å². The van der Waals surface area contributed by atoms with Gasteiger partial charge in [-0.05, 0) is 99.0 Å². The number of benzene rings is 2. The minimum absolute atomic E-state index is 0.0954. The number of phenols is 1. The second-order valence-corrected chi connectivity index (χ2v) is 8.67. The highest BCUT2D eigenvalue weighted by Gasteiger charge is 2.40. The first-order chi connectivity index (χ1) is 14.0. The summed E-state index contributed by atoms with van der Waals surface area (Å²) in [6.07, 6.45) is 4.60. The van der Waals surface area contributed by atoms with Gasteiger partial charge in [-0.1, -0.05) is 18.2 Å². The van der Waals surface area contributed by atoms with Gasteiger partial charge >= 0.3 is 0 Å². The molecular weight excluding hydrogens is 360 g/mol. The fraction of sp³-hybridized carbons (Fsp3) is 0.480. The molecule has 1 spiro atoms. The van der Waals surface area contributed by atoms with Crippen LogP contribution in [0, 0.1) is 5.41 Å². The zero-order valence-electron chi connectivity index (χ0n) is 17.6. The molecular formula is C25H32N2O2. The summed E-state index contributed by atoms with van der Waals surface area (Å²) < 4.78 is 0. The quantitative estimate of drug-likeness (QED) is 0.815. The van der Waals surface area contributed by atoms with Crippen molar-refractivity contribution in [1.82, 2.24) is 10.2 Å². The Bertz CT molecular complexity index is 865. The van der Waals surface area contributed by atoms with Crippen molar-refractivity contribution in [2.24, 2.45) is 5.41 Å². The summed E-state index contributed by atoms with van der Waals surface area (Å²) in [7, 11) is 0. The zero-order valence-corrected chi connectivity index (χ0v) is 17.6. The normalized spacial score (nSPS) is 20.3. The molecule has 0 aromatic heterocycles. The summed E-state index contributed by atoms with van der Waals surface area (Å²) in [4.78, 5) is 14.5. The van der Waals surface area contributed by atoms with Crippen molar-refractivity contribution < 1.29 is 9.90 Å². The summed E-state index contributed by atoms with van der Waals surface area (Å²) in [6.45, 7) is 7.64. The Balaban J connectivity index is 1.67. The summed E-state index contributed by atoms with van der Waals surface area (Å²) in [5, 5.41) is 13.6. The standard InChI is InChI=1S/C25H32N2O2/c1-3-27(4-2)24(29)19-7-5-18(6-8-19)23-17-25(11-13-26-14-12-25)16-20-9-10-21(28)15-22(20)23/h5-10,15,23,26,28H,3-4,11-14,16-17H2,1-2H3. The van der Waals surface area contributed by atoms with Crippen molar-refractivity contribution in [1.29, 1.82) is 0 Å². The lowest BCUT2D eigenvalue weighted by molar-refractivity contribution is 0.0773. The van der Waals surface area contributed by atoms with Crippen LogP contribution in [-0.4, -0.2) is 42.1 Å². The Morgan fingerprint density at radius 2 is 1.79 bits per heavy atom. The van der Waals surface area contributed by atoms with Gasteiger partial charge in [0, 0.05) is 24.6 Å². The Kier molecular flexibility index (Phi) is 5.64. The van der Waals surface area contributed by atoms with Crippen LogP contribution in [0.1, 0.15) is 66.1 Å². The van der Waals surface area contributed by atoms with Crippen LogP contribution in [0.15, 0.2) is 42.5 Å². The highest BCUT2D eigenvalue weighted by Crippen LogP contribution is 2.50. The van der Waals surface area contributed by atoms with Crippen molar-refractivity contribution in [3.8, 4) is 5.75 Å². The third-order valence-corrected chi connectivity index (χ3v) is 6.98. The second kappa shape index (κ2) is 8.19. The number of aromatic hydroxyl groups is 1. The maximum atomic E-state index is 12.7. The van der Waals surface area contributed by atoms with Gasteiger partial charge < -0.3 is 15.3 Å². The Morgan fingerprint density at radius 1 is 1.10 bits per heavy atom. The Labute approximate surface area is 173 Å². The molecule has 4 nitrogen and oxygen atoms in total. The highest BCUT2D eigenvalue weighted by atomic mass is 16.3. The van der Waals surface area contributed by atoms with Crippen LogP contribution in [0.4, 0.5) is 0 Å². The van der Waals surface area contributed by atoms with Gasteiger partial charge in [-0.15, -0.1) is 0 Å². The topological polar surface area (TPSA) is 52.6 Å². The van der Waals surface area contributed by atoms with Gasteiger partial charge in [0.15, 0.2) is 0 Å². The molecule has 29 heavy (non-hydrogen) atoms. The molecule has 1 aliphatic heterocycles. The number of carbonyl (C=O) groups excluding carboxylic acids is 1. The number of rotatable bonds is 4. The lowest BCUT2D eigenvalue weighted by Gasteiger charge is -2.45. The lowest BCUT2D eigenvalue weighted by atomic mass is 9.61. The third-order valence-electron chi connectivity index (χ3n) is 6.98. The monoisotopic (exact) mass is 392 g/mol. The van der Waals surface area contributed by atoms with Crippen LogP contribution in [0.5, 0.6) is 5.75 Å². The van der Waals surface area contributed by atoms with Gasteiger partial charge in [0.05, 0.1) is 0 Å². The van der Waals surface area contributed by atoms with E-state index in [0.29, 0.717) is 11.2 Å². The molecule has 2 aromatic rings. The van der Waals surface area contributed by atoms with Crippen molar-refractivity contribution in [2.75, 3.05) is 26.2 Å². The molecule has 4 rings (SSSR count). The maximum absolute atomic E-state index is 12.7. The minimum Gasteiger partial charge on any atom is -0.508 e. The number of piperidine rings is 1. The molecule has 2 N–H and O–H groups in total. The summed E-state index contributed by atoms with van der Waals surface area (Å²) >= 11 is 0. The molecule has 2 aromatic carbocycles. The average Bonchev–Trinajstić information content (AvgIpc) is 2.75. The van der Waals surface area contributed by atoms with Crippen molar-refractivity contribution in [2.45, 2.75) is 45.4 Å². The highest BCUT2D eigenvalue weighted by molar-refractivity contribution is 5.94. The van der Waals surface area contributed by atoms with E-state index >= 15 is 0 Å². The predicted octanol–water partition coefficient (Wildman–Crippen LogP) is 4.32. The molecule has 0 bridgehead atoms. The Hall–Kier alpha value is -2.33. The number of amides is 1. The molecule has 2 aliphatic rings. The molecule has 1 unspecified atom stereocenters. The smallest absolute Gasteiger partial charge is 0.253 e. The van der Waals surface area contributed by atoms with Gasteiger partial charge in [0.1, 0.15) is 5.75 Å². The molecule has 1 aliphatic carbocycles. The van der Waals surface area contributed by atoms with Crippen molar-refractivity contribution in [3.63, 3.8) is 0 Å². The molecule has 1 atom stereocenters. The van der Waals surface area contributed by atoms with Gasteiger partial charge in [-0.25, -0.2) is 0 Å². The van der Waals surface area contributed by atoms with Crippen LogP contribution < -0.4 is 5.32 Å². The van der Waals surface area contributed by atoms with Crippen LogP contribution in [0.25, 0.3) is 0 Å². The van der Waals surface area contributed by atoms with Gasteiger partial charge in [0.2, 0.25) is 0 Å². The van der Waals surface area contributed by atoms with E-state index < -0.39 is 0 Å². The van der Waals surface area contributed by atoms with Crippen molar-refractivity contribution in [3.05, 3.63) is 64.7 Å². The molecule has 0 saturated carbocycles. The predicted molar refractivity (Wildman–Crippen MR) is 117 cm³/mol. The maximum Gasteiger partial charge on any atom is 0.253 e. The molecule has 1 heterocycles. The first-order valence-corrected chi connectivity index (χ1v) is 11.0. The minimum atomic E-state index is 0.0954. The molecule has 4 heteroatoms. The van der Waals surface area contributed by atoms with E-state index in [0.717, 1.165) is 44.6 Å². The number of nitrogens with one attached hydrogen (secondary N) is 1. The summed E-state index contributed by atoms with van der Waals surface area (Å²) in [5.41, 5.74) is 4.93. The van der Waals surface area contributed by atoms with Gasteiger partial charge in [0.25, 0.3) is 5.91 Å². The van der Waals surface area contributed by atoms with E-state index in [9.17, 15) is 9.90 Å². The number of nitrogens with zero attached hydrogens (tertiary/aromatic N) is 1. The molecule has 1 saturated heterocycles. The summed E-state index contributed by atoms with van der Waals surface area (Å²) in [5.74, 6) is 0.697. The second-order valence-electron chi connectivity index (χ2n) is 8.67. The number of phenolic OH excluding ortho intramolecular Hbond substituents is 1. The van der Waals surface area contributed by atoms with Crippen molar-refractivity contribution >= 4 is 5.91 Å². The number of carbonyl (C=O) groups is 1. The fourth-order valence-electron chi connectivity index (χ4n) is 5.27. The number of hydrogen-bond acceptors (Lipinski definition) is 3. The summed E-state index contributed by atoms with van der Waals surface area (Å²) in [6, 6.07) is 14.1. The van der Waals surface area contributed by atoms with E-state index in [1.165, 1.54) is 29.5 Å². The van der Waals surface area contributed by atoms with Gasteiger partial charge in [-0.2, -0.15) is 0 Å². The number of hydrogen-bond donors (Lipinski definition) is 2. The van der Waals surface area contributed by atoms with E-state index in [1.54, 1.807) is 0 Å². The average molecular weight is 393 g/mol. The third kappa shape index (κ3) is 3.91. The fourth-order valence-corrected chi connectivity index (χ4v) is 5.27. The SMILES string of the molecule is CCN(CC)C(=O)c1ccc(C2CC3(CCNCC3)Cc3ccc(O)cc32)cc1. The number of fused-ring (bicyclic) bond motifs is 1. The van der Waals surface area contributed by atoms with E-state index in [4.69, 9.17) is 0 Å². The Morgan fingerprint density at radius 3 is 2.45 bits per heavy atom. The van der Waals surface area contributed by atoms with Crippen LogP contribution in [0.3, 0.4) is 0 Å². The molecule has 0 radical (unpaired) electrons. The zero-order chi connectivity index (χ0) is 20.4. The lowest BCUT2D eigenvalue weighted by Crippen LogP contribution is -2.41. The largest absolute Gasteiger partial charge is 0.508 e. The molecule has 154 valence electrons. The molecule has 1 fully saturated rings. The van der Waals surface area contributed by atoms with E-state index in [2.05, 4.69) is 23.5 Å². The first-order valence-electron chi connectivity index (χ1n) is 11.0.